The van der Waals surface area contributed by atoms with Crippen LogP contribution in [-0.4, -0.2) is 21.9 Å². The average Bonchev–Trinajstić information content (AvgIpc) is 3.15. The standard InChI is InChI=1S/C21H16Cl2N4O2/c1-12(25-16-4-2-3-15(22)19(16)23)20(28)26-14-5-6-18-17(11-14)27-21(29-18)13-7-9-24-10-8-13/h2-12,25H,1H3,(H,26,28)/t12-/m1/s1. The minimum Gasteiger partial charge on any atom is -0.436 e. The number of aromatic nitrogens is 2. The van der Waals surface area contributed by atoms with Crippen molar-refractivity contribution in [3.63, 3.8) is 0 Å². The molecule has 0 spiro atoms. The van der Waals surface area contributed by atoms with E-state index in [0.717, 1.165) is 5.56 Å². The molecule has 0 bridgehead atoms. The number of hydrogen-bond acceptors (Lipinski definition) is 5. The third-order valence-electron chi connectivity index (χ3n) is 4.30. The van der Waals surface area contributed by atoms with Gasteiger partial charge < -0.3 is 15.1 Å². The second kappa shape index (κ2) is 8.11. The summed E-state index contributed by atoms with van der Waals surface area (Å²) in [5.41, 5.74) is 3.32. The van der Waals surface area contributed by atoms with Gasteiger partial charge in [0.05, 0.1) is 15.7 Å². The van der Waals surface area contributed by atoms with Gasteiger partial charge in [0.1, 0.15) is 11.6 Å². The molecule has 8 heteroatoms. The van der Waals surface area contributed by atoms with E-state index in [1.54, 1.807) is 55.7 Å². The molecular weight excluding hydrogens is 411 g/mol. The number of benzene rings is 2. The van der Waals surface area contributed by atoms with Gasteiger partial charge in [-0.2, -0.15) is 0 Å². The number of carbonyl (C=O) groups excluding carboxylic acids is 1. The van der Waals surface area contributed by atoms with E-state index >= 15 is 0 Å². The molecule has 146 valence electrons. The second-order valence-corrected chi connectivity index (χ2v) is 7.18. The number of fused-ring (bicyclic) bond motifs is 1. The highest BCUT2D eigenvalue weighted by molar-refractivity contribution is 6.43. The monoisotopic (exact) mass is 426 g/mol. The number of oxazole rings is 1. The van der Waals surface area contributed by atoms with Crippen molar-refractivity contribution in [2.24, 2.45) is 0 Å². The molecule has 0 aliphatic rings. The molecule has 1 atom stereocenters. The summed E-state index contributed by atoms with van der Waals surface area (Å²) in [6.45, 7) is 1.74. The molecule has 1 amide bonds. The van der Waals surface area contributed by atoms with E-state index in [1.807, 2.05) is 12.1 Å². The highest BCUT2D eigenvalue weighted by Gasteiger charge is 2.16. The predicted octanol–water partition coefficient (Wildman–Crippen LogP) is 5.64. The van der Waals surface area contributed by atoms with Crippen LogP contribution in [0.15, 0.2) is 65.3 Å². The van der Waals surface area contributed by atoms with Gasteiger partial charge in [-0.05, 0) is 49.4 Å². The number of nitrogens with zero attached hydrogens (tertiary/aromatic N) is 2. The lowest BCUT2D eigenvalue weighted by atomic mass is 10.2. The zero-order valence-corrected chi connectivity index (χ0v) is 16.8. The molecule has 0 aliphatic carbocycles. The summed E-state index contributed by atoms with van der Waals surface area (Å²) in [6, 6.07) is 13.6. The number of hydrogen-bond donors (Lipinski definition) is 2. The summed E-state index contributed by atoms with van der Waals surface area (Å²) < 4.78 is 5.77. The molecule has 2 N–H and O–H groups in total. The van der Waals surface area contributed by atoms with Crippen molar-refractivity contribution in [3.05, 3.63) is 71.0 Å². The Bertz CT molecular complexity index is 1180. The minimum atomic E-state index is -0.536. The molecule has 4 aromatic rings. The van der Waals surface area contributed by atoms with Crippen LogP contribution in [0.1, 0.15) is 6.92 Å². The van der Waals surface area contributed by atoms with E-state index in [0.29, 0.717) is 38.4 Å². The quantitative estimate of drug-likeness (QED) is 0.431. The maximum absolute atomic E-state index is 12.6. The molecule has 0 unspecified atom stereocenters. The Kier molecular flexibility index (Phi) is 5.38. The second-order valence-electron chi connectivity index (χ2n) is 6.39. The zero-order chi connectivity index (χ0) is 20.4. The van der Waals surface area contributed by atoms with Crippen molar-refractivity contribution in [3.8, 4) is 11.5 Å². The van der Waals surface area contributed by atoms with Gasteiger partial charge in [0.25, 0.3) is 0 Å². The van der Waals surface area contributed by atoms with E-state index in [4.69, 9.17) is 27.6 Å². The Labute approximate surface area is 176 Å². The van der Waals surface area contributed by atoms with Crippen LogP contribution in [0, 0.1) is 0 Å². The Morgan fingerprint density at radius 1 is 1.10 bits per heavy atom. The Morgan fingerprint density at radius 3 is 2.69 bits per heavy atom. The topological polar surface area (TPSA) is 80.0 Å². The fourth-order valence-corrected chi connectivity index (χ4v) is 3.14. The maximum atomic E-state index is 12.6. The van der Waals surface area contributed by atoms with Crippen LogP contribution in [0.3, 0.4) is 0 Å². The van der Waals surface area contributed by atoms with Crippen molar-refractivity contribution in [2.45, 2.75) is 13.0 Å². The van der Waals surface area contributed by atoms with E-state index in [-0.39, 0.29) is 5.91 Å². The summed E-state index contributed by atoms with van der Waals surface area (Å²) in [4.78, 5) is 21.1. The zero-order valence-electron chi connectivity index (χ0n) is 15.3. The third kappa shape index (κ3) is 4.18. The lowest BCUT2D eigenvalue weighted by Gasteiger charge is -2.16. The van der Waals surface area contributed by atoms with Crippen molar-refractivity contribution < 1.29 is 9.21 Å². The summed E-state index contributed by atoms with van der Waals surface area (Å²) in [5.74, 6) is 0.273. The maximum Gasteiger partial charge on any atom is 0.246 e. The lowest BCUT2D eigenvalue weighted by molar-refractivity contribution is -0.116. The Hall–Kier alpha value is -3.09. The number of amides is 1. The van der Waals surface area contributed by atoms with Crippen LogP contribution >= 0.6 is 23.2 Å². The first-order chi connectivity index (χ1) is 14.0. The lowest BCUT2D eigenvalue weighted by Crippen LogP contribution is -2.31. The molecule has 0 fully saturated rings. The van der Waals surface area contributed by atoms with Crippen molar-refractivity contribution in [1.29, 1.82) is 0 Å². The van der Waals surface area contributed by atoms with Crippen molar-refractivity contribution >= 4 is 51.6 Å². The highest BCUT2D eigenvalue weighted by Crippen LogP contribution is 2.30. The van der Waals surface area contributed by atoms with Crippen LogP contribution in [0.2, 0.25) is 10.0 Å². The molecule has 4 rings (SSSR count). The SMILES string of the molecule is C[C@@H](Nc1cccc(Cl)c1Cl)C(=O)Nc1ccc2oc(-c3ccncc3)nc2c1. The molecule has 2 aromatic carbocycles. The first kappa shape index (κ1) is 19.2. The third-order valence-corrected chi connectivity index (χ3v) is 5.12. The highest BCUT2D eigenvalue weighted by atomic mass is 35.5. The normalized spacial score (nSPS) is 12.0. The summed E-state index contributed by atoms with van der Waals surface area (Å²) in [7, 11) is 0. The van der Waals surface area contributed by atoms with Gasteiger partial charge >= 0.3 is 0 Å². The van der Waals surface area contributed by atoms with Gasteiger partial charge in [-0.1, -0.05) is 29.3 Å². The van der Waals surface area contributed by atoms with Crippen LogP contribution in [0.4, 0.5) is 11.4 Å². The van der Waals surface area contributed by atoms with Crippen molar-refractivity contribution in [2.75, 3.05) is 10.6 Å². The van der Waals surface area contributed by atoms with Crippen LogP contribution in [-0.2, 0) is 4.79 Å². The smallest absolute Gasteiger partial charge is 0.246 e. The fourth-order valence-electron chi connectivity index (χ4n) is 2.79. The van der Waals surface area contributed by atoms with Gasteiger partial charge in [0.2, 0.25) is 11.8 Å². The molecular formula is C21H16Cl2N4O2. The van der Waals surface area contributed by atoms with E-state index in [9.17, 15) is 4.79 Å². The van der Waals surface area contributed by atoms with Gasteiger partial charge in [-0.15, -0.1) is 0 Å². The number of rotatable bonds is 5. The largest absolute Gasteiger partial charge is 0.436 e. The number of nitrogens with one attached hydrogen (secondary N) is 2. The molecule has 2 aromatic heterocycles. The average molecular weight is 427 g/mol. The van der Waals surface area contributed by atoms with E-state index in [2.05, 4.69) is 20.6 Å². The predicted molar refractivity (Wildman–Crippen MR) is 115 cm³/mol. The minimum absolute atomic E-state index is 0.224. The summed E-state index contributed by atoms with van der Waals surface area (Å²) in [6.07, 6.45) is 3.35. The Morgan fingerprint density at radius 2 is 1.90 bits per heavy atom. The molecule has 0 saturated heterocycles. The molecule has 2 heterocycles. The van der Waals surface area contributed by atoms with E-state index in [1.165, 1.54) is 0 Å². The number of pyridine rings is 1. The molecule has 0 aliphatic heterocycles. The number of halogens is 2. The van der Waals surface area contributed by atoms with Gasteiger partial charge in [-0.3, -0.25) is 9.78 Å². The van der Waals surface area contributed by atoms with Gasteiger partial charge in [-0.25, -0.2) is 4.98 Å². The first-order valence-corrected chi connectivity index (χ1v) is 9.59. The van der Waals surface area contributed by atoms with Gasteiger partial charge in [0.15, 0.2) is 5.58 Å². The first-order valence-electron chi connectivity index (χ1n) is 8.83. The van der Waals surface area contributed by atoms with Crippen LogP contribution < -0.4 is 10.6 Å². The molecule has 0 radical (unpaired) electrons. The molecule has 6 nitrogen and oxygen atoms in total. The molecule has 0 saturated carbocycles. The number of anilines is 2. The number of carbonyl (C=O) groups is 1. The Balaban J connectivity index is 1.49. The van der Waals surface area contributed by atoms with Crippen LogP contribution in [0.5, 0.6) is 0 Å². The van der Waals surface area contributed by atoms with E-state index < -0.39 is 6.04 Å². The van der Waals surface area contributed by atoms with Crippen molar-refractivity contribution in [1.82, 2.24) is 9.97 Å². The fraction of sp³-hybridized carbons (Fsp3) is 0.0952. The van der Waals surface area contributed by atoms with Crippen LogP contribution in [0.25, 0.3) is 22.6 Å². The molecule has 29 heavy (non-hydrogen) atoms. The summed E-state index contributed by atoms with van der Waals surface area (Å²) >= 11 is 12.2. The van der Waals surface area contributed by atoms with Gasteiger partial charge in [0, 0.05) is 23.6 Å². The summed E-state index contributed by atoms with van der Waals surface area (Å²) in [5, 5.41) is 6.73.